The number of rotatable bonds is 4. The van der Waals surface area contributed by atoms with Crippen molar-refractivity contribution in [2.45, 2.75) is 32.2 Å². The van der Waals surface area contributed by atoms with Crippen molar-refractivity contribution in [2.75, 3.05) is 17.6 Å². The summed E-state index contributed by atoms with van der Waals surface area (Å²) in [5, 5.41) is 10.5. The van der Waals surface area contributed by atoms with E-state index in [1.54, 1.807) is 4.68 Å². The minimum atomic E-state index is 0.129. The van der Waals surface area contributed by atoms with Crippen molar-refractivity contribution in [1.29, 1.82) is 0 Å². The summed E-state index contributed by atoms with van der Waals surface area (Å²) in [6, 6.07) is 0.196. The molecule has 1 aliphatic rings. The molecular weight excluding hydrogens is 218 g/mol. The van der Waals surface area contributed by atoms with Crippen LogP contribution in [0, 0.1) is 0 Å². The Labute approximate surface area is 101 Å². The summed E-state index contributed by atoms with van der Waals surface area (Å²) < 4.78 is 1.75. The molecule has 0 aliphatic carbocycles. The maximum absolute atomic E-state index is 11.1. The van der Waals surface area contributed by atoms with Crippen molar-refractivity contribution < 1.29 is 4.79 Å². The first kappa shape index (κ1) is 11.8. The molecule has 17 heavy (non-hydrogen) atoms. The third kappa shape index (κ3) is 2.35. The number of nitrogens with one attached hydrogen (secondary N) is 2. The molecule has 4 N–H and O–H groups in total. The first-order valence-electron chi connectivity index (χ1n) is 5.96. The molecule has 0 saturated carbocycles. The van der Waals surface area contributed by atoms with E-state index in [9.17, 15) is 4.79 Å². The van der Waals surface area contributed by atoms with E-state index < -0.39 is 0 Å². The third-order valence-corrected chi connectivity index (χ3v) is 3.10. The minimum absolute atomic E-state index is 0.129. The molecule has 0 bridgehead atoms. The van der Waals surface area contributed by atoms with Gasteiger partial charge in [-0.15, -0.1) is 0 Å². The van der Waals surface area contributed by atoms with Gasteiger partial charge >= 0.3 is 0 Å². The highest BCUT2D eigenvalue weighted by Crippen LogP contribution is 2.22. The van der Waals surface area contributed by atoms with E-state index in [1.165, 1.54) is 0 Å². The van der Waals surface area contributed by atoms with Crippen LogP contribution in [0.5, 0.6) is 0 Å². The van der Waals surface area contributed by atoms with Crippen LogP contribution >= 0.6 is 0 Å². The third-order valence-electron chi connectivity index (χ3n) is 3.10. The zero-order valence-electron chi connectivity index (χ0n) is 10.3. The van der Waals surface area contributed by atoms with E-state index in [0.717, 1.165) is 24.4 Å². The van der Waals surface area contributed by atoms with E-state index in [1.807, 2.05) is 14.0 Å². The fourth-order valence-electron chi connectivity index (χ4n) is 2.12. The lowest BCUT2D eigenvalue weighted by atomic mass is 10.2. The van der Waals surface area contributed by atoms with Crippen molar-refractivity contribution in [1.82, 2.24) is 15.1 Å². The summed E-state index contributed by atoms with van der Waals surface area (Å²) >= 11 is 0. The van der Waals surface area contributed by atoms with E-state index in [0.29, 0.717) is 18.7 Å². The highest BCUT2D eigenvalue weighted by atomic mass is 16.1. The molecule has 6 heteroatoms. The van der Waals surface area contributed by atoms with Crippen LogP contribution < -0.4 is 16.4 Å². The summed E-state index contributed by atoms with van der Waals surface area (Å²) in [7, 11) is 1.87. The van der Waals surface area contributed by atoms with Gasteiger partial charge in [0.15, 0.2) is 0 Å². The maximum atomic E-state index is 11.1. The number of amides is 1. The van der Waals surface area contributed by atoms with Gasteiger partial charge in [0.05, 0.1) is 11.4 Å². The number of hydrogen-bond acceptors (Lipinski definition) is 4. The molecule has 0 spiro atoms. The van der Waals surface area contributed by atoms with Gasteiger partial charge in [0, 0.05) is 26.1 Å². The highest BCUT2D eigenvalue weighted by molar-refractivity contribution is 5.78. The molecular formula is C11H19N5O. The molecule has 94 valence electrons. The van der Waals surface area contributed by atoms with Crippen molar-refractivity contribution in [3.05, 3.63) is 5.69 Å². The van der Waals surface area contributed by atoms with E-state index in [4.69, 9.17) is 5.73 Å². The molecule has 1 aliphatic heterocycles. The van der Waals surface area contributed by atoms with Crippen LogP contribution in [0.2, 0.25) is 0 Å². The Kier molecular flexibility index (Phi) is 3.21. The topological polar surface area (TPSA) is 85.0 Å². The van der Waals surface area contributed by atoms with Crippen molar-refractivity contribution in [3.8, 4) is 0 Å². The molecule has 0 aromatic carbocycles. The fraction of sp³-hybridized carbons (Fsp3) is 0.636. The molecule has 2 heterocycles. The summed E-state index contributed by atoms with van der Waals surface area (Å²) in [5.74, 6) is 0.965. The molecule has 6 nitrogen and oxygen atoms in total. The van der Waals surface area contributed by atoms with Gasteiger partial charge < -0.3 is 16.4 Å². The predicted molar refractivity (Wildman–Crippen MR) is 66.7 cm³/mol. The first-order valence-corrected chi connectivity index (χ1v) is 5.96. The lowest BCUT2D eigenvalue weighted by Crippen LogP contribution is -2.32. The van der Waals surface area contributed by atoms with Crippen molar-refractivity contribution >= 4 is 17.4 Å². The maximum Gasteiger partial charge on any atom is 0.220 e. The number of anilines is 2. The summed E-state index contributed by atoms with van der Waals surface area (Å²) in [6.45, 7) is 2.72. The molecule has 1 unspecified atom stereocenters. The lowest BCUT2D eigenvalue weighted by Gasteiger charge is -2.12. The number of aryl methyl sites for hydroxylation is 2. The summed E-state index contributed by atoms with van der Waals surface area (Å²) in [5.41, 5.74) is 7.61. The van der Waals surface area contributed by atoms with Gasteiger partial charge in [-0.3, -0.25) is 9.48 Å². The smallest absolute Gasteiger partial charge is 0.220 e. The average molecular weight is 237 g/mol. The van der Waals surface area contributed by atoms with E-state index >= 15 is 0 Å². The monoisotopic (exact) mass is 237 g/mol. The van der Waals surface area contributed by atoms with Crippen LogP contribution in [-0.4, -0.2) is 28.3 Å². The van der Waals surface area contributed by atoms with Crippen LogP contribution in [-0.2, 0) is 18.3 Å². The largest absolute Gasteiger partial charge is 0.394 e. The van der Waals surface area contributed by atoms with Gasteiger partial charge in [-0.2, -0.15) is 5.10 Å². The first-order chi connectivity index (χ1) is 8.11. The number of nitrogens with zero attached hydrogens (tertiary/aromatic N) is 2. The molecule has 1 aromatic rings. The highest BCUT2D eigenvalue weighted by Gasteiger charge is 2.21. The Morgan fingerprint density at radius 2 is 2.41 bits per heavy atom. The average Bonchev–Trinajstić information content (AvgIpc) is 2.82. The fourth-order valence-corrected chi connectivity index (χ4v) is 2.12. The zero-order valence-corrected chi connectivity index (χ0v) is 10.3. The number of carbonyl (C=O) groups excluding carboxylic acids is 1. The molecule has 0 radical (unpaired) electrons. The quantitative estimate of drug-likeness (QED) is 0.701. The van der Waals surface area contributed by atoms with Gasteiger partial charge in [0.25, 0.3) is 0 Å². The predicted octanol–water partition coefficient (Wildman–Crippen LogP) is 0.255. The van der Waals surface area contributed by atoms with Crippen LogP contribution in [0.4, 0.5) is 11.5 Å². The van der Waals surface area contributed by atoms with Crippen LogP contribution in [0.1, 0.15) is 25.5 Å². The second-order valence-electron chi connectivity index (χ2n) is 4.37. The lowest BCUT2D eigenvalue weighted by molar-refractivity contribution is -0.119. The Balaban J connectivity index is 1.99. The molecule has 1 atom stereocenters. The molecule has 2 rings (SSSR count). The second-order valence-corrected chi connectivity index (χ2v) is 4.37. The van der Waals surface area contributed by atoms with Gasteiger partial charge in [0.2, 0.25) is 5.91 Å². The van der Waals surface area contributed by atoms with Gasteiger partial charge in [-0.25, -0.2) is 0 Å². The van der Waals surface area contributed by atoms with Crippen molar-refractivity contribution in [3.63, 3.8) is 0 Å². The number of nitrogen functional groups attached to an aromatic ring is 1. The number of nitrogens with two attached hydrogens (primary N) is 1. The Bertz CT molecular complexity index is 426. The standard InChI is InChI=1S/C11H19N5O/c1-3-8-10(12)11(16(2)15-8)13-6-7-4-5-9(17)14-7/h7,13H,3-6,12H2,1-2H3,(H,14,17). The molecule has 1 amide bonds. The van der Waals surface area contributed by atoms with Crippen LogP contribution in [0.15, 0.2) is 0 Å². The molecule has 1 saturated heterocycles. The van der Waals surface area contributed by atoms with Gasteiger partial charge in [-0.1, -0.05) is 6.92 Å². The van der Waals surface area contributed by atoms with Crippen LogP contribution in [0.25, 0.3) is 0 Å². The van der Waals surface area contributed by atoms with Gasteiger partial charge in [-0.05, 0) is 12.8 Å². The Hall–Kier alpha value is -1.72. The molecule has 1 aromatic heterocycles. The normalized spacial score (nSPS) is 19.4. The number of carbonyl (C=O) groups is 1. The number of hydrogen-bond donors (Lipinski definition) is 3. The molecule has 1 fully saturated rings. The SMILES string of the molecule is CCc1nn(C)c(NCC2CCC(=O)N2)c1N. The van der Waals surface area contributed by atoms with Gasteiger partial charge in [0.1, 0.15) is 5.82 Å². The zero-order chi connectivity index (χ0) is 12.4. The Morgan fingerprint density at radius 3 is 2.94 bits per heavy atom. The van der Waals surface area contributed by atoms with Crippen LogP contribution in [0.3, 0.4) is 0 Å². The second kappa shape index (κ2) is 4.65. The Morgan fingerprint density at radius 1 is 1.65 bits per heavy atom. The van der Waals surface area contributed by atoms with E-state index in [2.05, 4.69) is 15.7 Å². The number of aromatic nitrogens is 2. The minimum Gasteiger partial charge on any atom is -0.394 e. The summed E-state index contributed by atoms with van der Waals surface area (Å²) in [6.07, 6.45) is 2.32. The van der Waals surface area contributed by atoms with Crippen molar-refractivity contribution in [2.24, 2.45) is 7.05 Å². The van der Waals surface area contributed by atoms with E-state index in [-0.39, 0.29) is 11.9 Å². The summed E-state index contributed by atoms with van der Waals surface area (Å²) in [4.78, 5) is 11.1.